The molecule has 1 saturated heterocycles. The molecule has 1 aromatic carbocycles. The highest BCUT2D eigenvalue weighted by Crippen LogP contribution is 2.19. The van der Waals surface area contributed by atoms with Gasteiger partial charge in [-0.1, -0.05) is 0 Å². The summed E-state index contributed by atoms with van der Waals surface area (Å²) in [6, 6.07) is 7.24. The van der Waals surface area contributed by atoms with Crippen LogP contribution in [-0.4, -0.2) is 36.2 Å². The summed E-state index contributed by atoms with van der Waals surface area (Å²) < 4.78 is 5.16. The van der Waals surface area contributed by atoms with Crippen molar-refractivity contribution in [3.8, 4) is 0 Å². The summed E-state index contributed by atoms with van der Waals surface area (Å²) in [6.07, 6.45) is 0.658. The third-order valence-corrected chi connectivity index (χ3v) is 3.00. The van der Waals surface area contributed by atoms with E-state index in [4.69, 9.17) is 4.74 Å². The Balaban J connectivity index is 1.93. The fourth-order valence-electron chi connectivity index (χ4n) is 1.83. The molecule has 1 aliphatic rings. The lowest BCUT2D eigenvalue weighted by Crippen LogP contribution is -2.37. The van der Waals surface area contributed by atoms with Crippen LogP contribution in [0.1, 0.15) is 23.7 Å². The minimum absolute atomic E-state index is 0.0550. The largest absolute Gasteiger partial charge is 0.386 e. The molecular formula is C13H17NO3. The van der Waals surface area contributed by atoms with Gasteiger partial charge in [-0.25, -0.2) is 0 Å². The van der Waals surface area contributed by atoms with E-state index in [-0.39, 0.29) is 5.78 Å². The number of nitrogens with one attached hydrogen (secondary N) is 1. The maximum atomic E-state index is 11.1. The first kappa shape index (κ1) is 12.1. The Kier molecular flexibility index (Phi) is 3.45. The van der Waals surface area contributed by atoms with Gasteiger partial charge in [0, 0.05) is 30.8 Å². The Bertz CT molecular complexity index is 394. The fraction of sp³-hybridized carbons (Fsp3) is 0.462. The molecule has 92 valence electrons. The smallest absolute Gasteiger partial charge is 0.159 e. The molecular weight excluding hydrogens is 218 g/mol. The van der Waals surface area contributed by atoms with Crippen molar-refractivity contribution >= 4 is 11.5 Å². The summed E-state index contributed by atoms with van der Waals surface area (Å²) in [7, 11) is 0. The molecule has 0 amide bonds. The summed E-state index contributed by atoms with van der Waals surface area (Å²) in [5.74, 6) is 0.0550. The lowest BCUT2D eigenvalue weighted by molar-refractivity contribution is 0.0382. The van der Waals surface area contributed by atoms with Crippen LogP contribution in [0.15, 0.2) is 24.3 Å². The number of aliphatic hydroxyl groups is 1. The van der Waals surface area contributed by atoms with Crippen LogP contribution < -0.4 is 5.32 Å². The van der Waals surface area contributed by atoms with Gasteiger partial charge in [0.25, 0.3) is 0 Å². The van der Waals surface area contributed by atoms with Crippen LogP contribution in [0.3, 0.4) is 0 Å². The Labute approximate surface area is 101 Å². The minimum Gasteiger partial charge on any atom is -0.386 e. The Morgan fingerprint density at radius 3 is 2.71 bits per heavy atom. The average molecular weight is 235 g/mol. The number of hydrogen-bond donors (Lipinski definition) is 2. The van der Waals surface area contributed by atoms with Crippen LogP contribution in [0, 0.1) is 0 Å². The van der Waals surface area contributed by atoms with Gasteiger partial charge in [-0.15, -0.1) is 0 Å². The molecule has 1 atom stereocenters. The maximum absolute atomic E-state index is 11.1. The predicted octanol–water partition coefficient (Wildman–Crippen LogP) is 1.45. The quantitative estimate of drug-likeness (QED) is 0.776. The molecule has 2 N–H and O–H groups in total. The van der Waals surface area contributed by atoms with E-state index in [0.29, 0.717) is 31.7 Å². The number of carbonyl (C=O) groups is 1. The van der Waals surface area contributed by atoms with E-state index >= 15 is 0 Å². The molecule has 0 radical (unpaired) electrons. The molecule has 0 saturated carbocycles. The second kappa shape index (κ2) is 4.85. The van der Waals surface area contributed by atoms with Gasteiger partial charge in [0.1, 0.15) is 5.60 Å². The first-order valence-electron chi connectivity index (χ1n) is 5.74. The van der Waals surface area contributed by atoms with E-state index in [0.717, 1.165) is 5.69 Å². The highest BCUT2D eigenvalue weighted by molar-refractivity contribution is 5.94. The Hall–Kier alpha value is -1.39. The number of benzene rings is 1. The second-order valence-electron chi connectivity index (χ2n) is 4.51. The van der Waals surface area contributed by atoms with E-state index < -0.39 is 5.60 Å². The summed E-state index contributed by atoms with van der Waals surface area (Å²) in [5.41, 5.74) is 0.827. The van der Waals surface area contributed by atoms with Crippen molar-refractivity contribution in [1.82, 2.24) is 0 Å². The number of carbonyl (C=O) groups excluding carboxylic acids is 1. The molecule has 0 aliphatic carbocycles. The van der Waals surface area contributed by atoms with Crippen molar-refractivity contribution in [3.05, 3.63) is 29.8 Å². The monoisotopic (exact) mass is 235 g/mol. The summed E-state index contributed by atoms with van der Waals surface area (Å²) in [6.45, 7) is 3.00. The van der Waals surface area contributed by atoms with E-state index in [1.807, 2.05) is 12.1 Å². The summed E-state index contributed by atoms with van der Waals surface area (Å²) in [4.78, 5) is 11.1. The molecule has 1 unspecified atom stereocenters. The van der Waals surface area contributed by atoms with Crippen LogP contribution in [-0.2, 0) is 4.74 Å². The minimum atomic E-state index is -0.765. The van der Waals surface area contributed by atoms with E-state index in [9.17, 15) is 9.90 Å². The standard InChI is InChI=1S/C13H17NO3/c1-10(15)11-2-4-12(5-3-11)14-8-13(16)6-7-17-9-13/h2-5,14,16H,6-9H2,1H3. The second-order valence-corrected chi connectivity index (χ2v) is 4.51. The lowest BCUT2D eigenvalue weighted by Gasteiger charge is -2.21. The zero-order valence-corrected chi connectivity index (χ0v) is 9.90. The number of Topliss-reactive ketones (excluding diaryl/α,β-unsaturated/α-hetero) is 1. The number of rotatable bonds is 4. The Morgan fingerprint density at radius 1 is 1.47 bits per heavy atom. The van der Waals surface area contributed by atoms with Gasteiger partial charge in [0.05, 0.1) is 6.61 Å². The van der Waals surface area contributed by atoms with Gasteiger partial charge in [-0.3, -0.25) is 4.79 Å². The third kappa shape index (κ3) is 3.05. The average Bonchev–Trinajstić information content (AvgIpc) is 2.75. The molecule has 4 nitrogen and oxygen atoms in total. The number of hydrogen-bond acceptors (Lipinski definition) is 4. The molecule has 17 heavy (non-hydrogen) atoms. The number of ketones is 1. The van der Waals surface area contributed by atoms with Crippen LogP contribution in [0.4, 0.5) is 5.69 Å². The zero-order valence-electron chi connectivity index (χ0n) is 9.90. The maximum Gasteiger partial charge on any atom is 0.159 e. The normalized spacial score (nSPS) is 23.6. The molecule has 0 bridgehead atoms. The Morgan fingerprint density at radius 2 is 2.18 bits per heavy atom. The molecule has 4 heteroatoms. The van der Waals surface area contributed by atoms with E-state index in [1.54, 1.807) is 19.1 Å². The van der Waals surface area contributed by atoms with Gasteiger partial charge in [0.15, 0.2) is 5.78 Å². The molecule has 1 aliphatic heterocycles. The van der Waals surface area contributed by atoms with Crippen molar-refractivity contribution in [2.45, 2.75) is 18.9 Å². The van der Waals surface area contributed by atoms with E-state index in [1.165, 1.54) is 0 Å². The van der Waals surface area contributed by atoms with Crippen molar-refractivity contribution in [2.24, 2.45) is 0 Å². The topological polar surface area (TPSA) is 58.6 Å². The number of ether oxygens (including phenoxy) is 1. The van der Waals surface area contributed by atoms with Crippen molar-refractivity contribution in [2.75, 3.05) is 25.1 Å². The van der Waals surface area contributed by atoms with Crippen molar-refractivity contribution in [1.29, 1.82) is 0 Å². The first-order valence-corrected chi connectivity index (χ1v) is 5.74. The van der Waals surface area contributed by atoms with Crippen LogP contribution in [0.5, 0.6) is 0 Å². The van der Waals surface area contributed by atoms with Gasteiger partial charge < -0.3 is 15.2 Å². The van der Waals surface area contributed by atoms with Crippen molar-refractivity contribution in [3.63, 3.8) is 0 Å². The summed E-state index contributed by atoms with van der Waals surface area (Å²) in [5, 5.41) is 13.2. The lowest BCUT2D eigenvalue weighted by atomic mass is 10.0. The SMILES string of the molecule is CC(=O)c1ccc(NCC2(O)CCOC2)cc1. The third-order valence-electron chi connectivity index (χ3n) is 3.00. The first-order chi connectivity index (χ1) is 8.09. The van der Waals surface area contributed by atoms with Gasteiger partial charge in [-0.05, 0) is 31.2 Å². The van der Waals surface area contributed by atoms with E-state index in [2.05, 4.69) is 5.32 Å². The molecule has 0 spiro atoms. The van der Waals surface area contributed by atoms with Crippen LogP contribution >= 0.6 is 0 Å². The van der Waals surface area contributed by atoms with Gasteiger partial charge in [0.2, 0.25) is 0 Å². The zero-order chi connectivity index (χ0) is 12.3. The molecule has 1 aromatic rings. The van der Waals surface area contributed by atoms with Crippen LogP contribution in [0.25, 0.3) is 0 Å². The highest BCUT2D eigenvalue weighted by Gasteiger charge is 2.31. The molecule has 0 aromatic heterocycles. The predicted molar refractivity (Wildman–Crippen MR) is 65.3 cm³/mol. The van der Waals surface area contributed by atoms with Gasteiger partial charge >= 0.3 is 0 Å². The van der Waals surface area contributed by atoms with Crippen LogP contribution in [0.2, 0.25) is 0 Å². The molecule has 1 fully saturated rings. The fourth-order valence-corrected chi connectivity index (χ4v) is 1.83. The molecule has 2 rings (SSSR count). The highest BCUT2D eigenvalue weighted by atomic mass is 16.5. The number of anilines is 1. The van der Waals surface area contributed by atoms with Crippen molar-refractivity contribution < 1.29 is 14.6 Å². The van der Waals surface area contributed by atoms with Gasteiger partial charge in [-0.2, -0.15) is 0 Å². The summed E-state index contributed by atoms with van der Waals surface area (Å²) >= 11 is 0. The molecule has 1 heterocycles.